The molecule has 0 N–H and O–H groups in total. The van der Waals surface area contributed by atoms with Crippen LogP contribution in [0.15, 0.2) is 30.3 Å². The molecule has 1 aliphatic rings. The molecule has 0 bridgehead atoms. The van der Waals surface area contributed by atoms with Gasteiger partial charge in [-0.05, 0) is 18.4 Å². The summed E-state index contributed by atoms with van der Waals surface area (Å²) in [6.07, 6.45) is 0.485. The Balaban J connectivity index is 2.12. The number of carbonyl (C=O) groups excluding carboxylic acids is 3. The summed E-state index contributed by atoms with van der Waals surface area (Å²) in [4.78, 5) is 38.3. The van der Waals surface area contributed by atoms with E-state index >= 15 is 0 Å². The number of carbonyl (C=O) groups is 3. The minimum absolute atomic E-state index is 0.0208. The smallest absolute Gasteiger partial charge is 0.410 e. The van der Waals surface area contributed by atoms with Gasteiger partial charge in [-0.1, -0.05) is 51.1 Å². The van der Waals surface area contributed by atoms with E-state index in [9.17, 15) is 14.4 Å². The molecule has 0 radical (unpaired) electrons. The van der Waals surface area contributed by atoms with E-state index < -0.39 is 29.6 Å². The van der Waals surface area contributed by atoms with Crippen LogP contribution >= 0.6 is 0 Å². The predicted octanol–water partition coefficient (Wildman–Crippen LogP) is 3.72. The van der Waals surface area contributed by atoms with Crippen LogP contribution in [-0.4, -0.2) is 41.4 Å². The van der Waals surface area contributed by atoms with Gasteiger partial charge in [-0.25, -0.2) is 4.79 Å². The van der Waals surface area contributed by atoms with Gasteiger partial charge in [-0.2, -0.15) is 0 Å². The van der Waals surface area contributed by atoms with Gasteiger partial charge in [0.25, 0.3) is 0 Å². The van der Waals surface area contributed by atoms with Crippen LogP contribution in [0.25, 0.3) is 0 Å². The summed E-state index contributed by atoms with van der Waals surface area (Å²) in [5, 5.41) is 0. The van der Waals surface area contributed by atoms with E-state index in [1.165, 1.54) is 6.92 Å². The molecule has 2 rings (SSSR count). The topological polar surface area (TPSA) is 72.9 Å². The number of ketones is 1. The van der Waals surface area contributed by atoms with Crippen molar-refractivity contribution in [1.29, 1.82) is 0 Å². The van der Waals surface area contributed by atoms with Crippen LogP contribution in [0.2, 0.25) is 0 Å². The molecule has 27 heavy (non-hydrogen) atoms. The molecule has 1 fully saturated rings. The average Bonchev–Trinajstić information content (AvgIpc) is 2.60. The second-order valence-electron chi connectivity index (χ2n) is 7.97. The summed E-state index contributed by atoms with van der Waals surface area (Å²) < 4.78 is 10.9. The van der Waals surface area contributed by atoms with Crippen LogP contribution < -0.4 is 0 Å². The first-order valence-electron chi connectivity index (χ1n) is 9.36. The third kappa shape index (κ3) is 6.08. The van der Waals surface area contributed by atoms with Crippen molar-refractivity contribution < 1.29 is 23.9 Å². The summed E-state index contributed by atoms with van der Waals surface area (Å²) in [5.41, 5.74) is 0.361. The first kappa shape index (κ1) is 20.9. The van der Waals surface area contributed by atoms with Crippen molar-refractivity contribution >= 4 is 17.8 Å². The maximum atomic E-state index is 12.7. The Kier molecular flexibility index (Phi) is 6.99. The highest BCUT2D eigenvalue weighted by Gasteiger charge is 2.40. The fourth-order valence-corrected chi connectivity index (χ4v) is 3.14. The highest BCUT2D eigenvalue weighted by molar-refractivity contribution is 5.85. The Labute approximate surface area is 160 Å². The first-order chi connectivity index (χ1) is 12.7. The highest BCUT2D eigenvalue weighted by atomic mass is 16.6. The van der Waals surface area contributed by atoms with Gasteiger partial charge in [0.1, 0.15) is 18.5 Å². The molecule has 1 aromatic rings. The Morgan fingerprint density at radius 1 is 1.15 bits per heavy atom. The molecule has 1 saturated heterocycles. The number of hydrogen-bond acceptors (Lipinski definition) is 5. The van der Waals surface area contributed by atoms with Crippen molar-refractivity contribution in [2.45, 2.75) is 65.7 Å². The molecule has 1 heterocycles. The molecule has 0 saturated carbocycles. The fourth-order valence-electron chi connectivity index (χ4n) is 3.14. The zero-order valence-corrected chi connectivity index (χ0v) is 16.6. The van der Waals surface area contributed by atoms with E-state index in [1.807, 2.05) is 51.1 Å². The minimum atomic E-state index is -0.530. The van der Waals surface area contributed by atoms with Crippen molar-refractivity contribution in [3.63, 3.8) is 0 Å². The van der Waals surface area contributed by atoms with Gasteiger partial charge in [0.05, 0.1) is 6.04 Å². The number of benzene rings is 1. The minimum Gasteiger partial charge on any atom is -0.460 e. The van der Waals surface area contributed by atoms with E-state index in [2.05, 4.69) is 0 Å². The summed E-state index contributed by atoms with van der Waals surface area (Å²) in [6.45, 7) is 7.52. The zero-order chi connectivity index (χ0) is 20.0. The van der Waals surface area contributed by atoms with Crippen molar-refractivity contribution in [1.82, 2.24) is 4.90 Å². The average molecular weight is 375 g/mol. The molecule has 1 aromatic carbocycles. The van der Waals surface area contributed by atoms with E-state index in [1.54, 1.807) is 4.90 Å². The van der Waals surface area contributed by atoms with Crippen LogP contribution in [0.3, 0.4) is 0 Å². The van der Waals surface area contributed by atoms with Crippen LogP contribution in [0.4, 0.5) is 4.79 Å². The Bertz CT molecular complexity index is 665. The van der Waals surface area contributed by atoms with Crippen molar-refractivity contribution in [3.8, 4) is 0 Å². The summed E-state index contributed by atoms with van der Waals surface area (Å²) in [6, 6.07) is 8.92. The van der Waals surface area contributed by atoms with Gasteiger partial charge >= 0.3 is 12.1 Å². The van der Waals surface area contributed by atoms with Crippen LogP contribution in [0.1, 0.15) is 52.5 Å². The van der Waals surface area contributed by atoms with E-state index in [4.69, 9.17) is 9.47 Å². The number of likely N-dealkylation sites (tertiary alicyclic amines) is 1. The molecule has 1 aliphatic heterocycles. The third-order valence-corrected chi connectivity index (χ3v) is 4.71. The lowest BCUT2D eigenvalue weighted by molar-refractivity contribution is -0.153. The molecule has 6 heteroatoms. The maximum Gasteiger partial charge on any atom is 0.410 e. The second kappa shape index (κ2) is 9.02. The Morgan fingerprint density at radius 3 is 2.41 bits per heavy atom. The van der Waals surface area contributed by atoms with Crippen molar-refractivity contribution in [2.24, 2.45) is 5.41 Å². The lowest BCUT2D eigenvalue weighted by atomic mass is 9.84. The van der Waals surface area contributed by atoms with E-state index in [0.29, 0.717) is 19.4 Å². The third-order valence-electron chi connectivity index (χ3n) is 4.71. The molecule has 2 atom stereocenters. The number of rotatable bonds is 5. The quantitative estimate of drug-likeness (QED) is 0.733. The monoisotopic (exact) mass is 375 g/mol. The molecule has 6 nitrogen and oxygen atoms in total. The largest absolute Gasteiger partial charge is 0.460 e. The summed E-state index contributed by atoms with van der Waals surface area (Å²) in [7, 11) is 0. The number of nitrogens with zero attached hydrogens (tertiary/aromatic N) is 1. The molecule has 0 spiro atoms. The lowest BCUT2D eigenvalue weighted by Crippen LogP contribution is -2.53. The summed E-state index contributed by atoms with van der Waals surface area (Å²) >= 11 is 0. The molecular weight excluding hydrogens is 346 g/mol. The van der Waals surface area contributed by atoms with Crippen LogP contribution in [-0.2, 0) is 25.7 Å². The lowest BCUT2D eigenvalue weighted by Gasteiger charge is -2.40. The number of Topliss-reactive ketones (excluding diaryl/α,β-unsaturated/α-hetero) is 1. The highest BCUT2D eigenvalue weighted by Crippen LogP contribution is 2.28. The van der Waals surface area contributed by atoms with Crippen molar-refractivity contribution in [3.05, 3.63) is 35.9 Å². The second-order valence-corrected chi connectivity index (χ2v) is 7.97. The van der Waals surface area contributed by atoms with Gasteiger partial charge in [-0.3, -0.25) is 9.59 Å². The number of esters is 1. The predicted molar refractivity (Wildman–Crippen MR) is 101 cm³/mol. The molecule has 1 amide bonds. The molecule has 148 valence electrons. The number of hydrogen-bond donors (Lipinski definition) is 0. The zero-order valence-electron chi connectivity index (χ0n) is 16.6. The van der Waals surface area contributed by atoms with Gasteiger partial charge in [0, 0.05) is 25.3 Å². The molecule has 0 aromatic heterocycles. The van der Waals surface area contributed by atoms with Gasteiger partial charge < -0.3 is 14.4 Å². The SMILES string of the molecule is CC(=O)O[C@H]1CCCN(C(=O)OCc2ccccc2)[C@@H]1CC(=O)C(C)(C)C. The molecule has 0 aliphatic carbocycles. The number of piperidine rings is 1. The Hall–Kier alpha value is -2.37. The first-order valence-corrected chi connectivity index (χ1v) is 9.36. The van der Waals surface area contributed by atoms with Crippen molar-refractivity contribution in [2.75, 3.05) is 6.54 Å². The van der Waals surface area contributed by atoms with E-state index in [-0.39, 0.29) is 18.8 Å². The van der Waals surface area contributed by atoms with Gasteiger partial charge in [0.15, 0.2) is 0 Å². The van der Waals surface area contributed by atoms with Gasteiger partial charge in [0.2, 0.25) is 0 Å². The molecule has 0 unspecified atom stereocenters. The van der Waals surface area contributed by atoms with E-state index in [0.717, 1.165) is 5.56 Å². The van der Waals surface area contributed by atoms with Crippen LogP contribution in [0.5, 0.6) is 0 Å². The number of ether oxygens (including phenoxy) is 2. The molecular formula is C21H29NO5. The fraction of sp³-hybridized carbons (Fsp3) is 0.571. The van der Waals surface area contributed by atoms with Crippen LogP contribution in [0, 0.1) is 5.41 Å². The number of amides is 1. The summed E-state index contributed by atoms with van der Waals surface area (Å²) in [5.74, 6) is -0.389. The Morgan fingerprint density at radius 2 is 1.81 bits per heavy atom. The maximum absolute atomic E-state index is 12.7. The normalized spacial score (nSPS) is 20.1. The van der Waals surface area contributed by atoms with Gasteiger partial charge in [-0.15, -0.1) is 0 Å². The standard InChI is InChI=1S/C21H29NO5/c1-15(23)27-18-11-8-12-22(17(18)13-19(24)21(2,3)4)20(25)26-14-16-9-6-5-7-10-16/h5-7,9-10,17-18H,8,11-14H2,1-4H3/t17-,18+/m1/s1.